The Hall–Kier alpha value is -0.830. The molecule has 0 unspecified atom stereocenters. The lowest BCUT2D eigenvalue weighted by Gasteiger charge is -2.18. The Balaban J connectivity index is 2.34. The molecule has 0 heterocycles. The predicted octanol–water partition coefficient (Wildman–Crippen LogP) is 1.67. The first-order valence-electron chi connectivity index (χ1n) is 4.63. The average molecular weight is 184 g/mol. The number of carbonyl (C=O) groups is 1. The van der Waals surface area contributed by atoms with Crippen molar-refractivity contribution in [2.24, 2.45) is 0 Å². The van der Waals surface area contributed by atoms with Crippen molar-refractivity contribution in [3.63, 3.8) is 0 Å². The molecule has 1 saturated carbocycles. The van der Waals surface area contributed by atoms with E-state index >= 15 is 0 Å². The van der Waals surface area contributed by atoms with Crippen molar-refractivity contribution in [1.29, 1.82) is 0 Å². The maximum absolute atomic E-state index is 10.7. The molecule has 0 bridgehead atoms. The van der Waals surface area contributed by atoms with Crippen LogP contribution >= 0.6 is 0 Å². The van der Waals surface area contributed by atoms with Gasteiger partial charge in [-0.1, -0.05) is 6.08 Å². The number of carbonyl (C=O) groups excluding carboxylic acids is 1. The van der Waals surface area contributed by atoms with Crippen LogP contribution in [0.2, 0.25) is 0 Å². The first kappa shape index (κ1) is 10.3. The Morgan fingerprint density at radius 2 is 2.23 bits per heavy atom. The molecule has 0 aliphatic heterocycles. The molecule has 74 valence electrons. The number of rotatable bonds is 4. The molecule has 2 atom stereocenters. The molecule has 1 fully saturated rings. The molecule has 1 aliphatic rings. The van der Waals surface area contributed by atoms with Crippen molar-refractivity contribution >= 4 is 5.97 Å². The Morgan fingerprint density at radius 1 is 1.54 bits per heavy atom. The van der Waals surface area contributed by atoms with Crippen LogP contribution in [0.3, 0.4) is 0 Å². The lowest BCUT2D eigenvalue weighted by atomic mass is 10.2. The van der Waals surface area contributed by atoms with E-state index in [1.165, 1.54) is 6.92 Å². The first-order chi connectivity index (χ1) is 6.24. The molecule has 0 spiro atoms. The van der Waals surface area contributed by atoms with Gasteiger partial charge in [0.25, 0.3) is 0 Å². The van der Waals surface area contributed by atoms with Gasteiger partial charge in [-0.3, -0.25) is 4.79 Å². The third kappa shape index (κ3) is 3.19. The molecule has 0 aromatic heterocycles. The monoisotopic (exact) mass is 184 g/mol. The summed E-state index contributed by atoms with van der Waals surface area (Å²) in [4.78, 5) is 10.7. The fourth-order valence-electron chi connectivity index (χ4n) is 1.62. The minimum Gasteiger partial charge on any atom is -0.460 e. The van der Waals surface area contributed by atoms with Crippen LogP contribution in [-0.4, -0.2) is 24.8 Å². The molecule has 1 aliphatic carbocycles. The van der Waals surface area contributed by atoms with Gasteiger partial charge in [0.15, 0.2) is 0 Å². The standard InChI is InChI=1S/C10H16O3/c1-3-7-12-9-5-4-6-10(9)13-8(2)11/h3,9-10H,1,4-7H2,2H3/t9-,10-/m0/s1. The molecule has 0 aromatic rings. The molecular formula is C10H16O3. The van der Waals surface area contributed by atoms with E-state index < -0.39 is 0 Å². The summed E-state index contributed by atoms with van der Waals surface area (Å²) in [6.45, 7) is 5.54. The molecule has 0 N–H and O–H groups in total. The lowest BCUT2D eigenvalue weighted by molar-refractivity contribution is -0.152. The smallest absolute Gasteiger partial charge is 0.302 e. The summed E-state index contributed by atoms with van der Waals surface area (Å²) in [6.07, 6.45) is 4.70. The second-order valence-corrected chi connectivity index (χ2v) is 3.24. The molecular weight excluding hydrogens is 168 g/mol. The van der Waals surface area contributed by atoms with Gasteiger partial charge in [-0.25, -0.2) is 0 Å². The normalized spacial score (nSPS) is 27.2. The number of esters is 1. The molecule has 0 amide bonds. The van der Waals surface area contributed by atoms with Gasteiger partial charge in [-0.05, 0) is 19.3 Å². The topological polar surface area (TPSA) is 35.5 Å². The molecule has 0 radical (unpaired) electrons. The number of hydrogen-bond acceptors (Lipinski definition) is 3. The maximum Gasteiger partial charge on any atom is 0.302 e. The van der Waals surface area contributed by atoms with Crippen molar-refractivity contribution in [2.45, 2.75) is 38.4 Å². The van der Waals surface area contributed by atoms with Crippen LogP contribution in [0.1, 0.15) is 26.2 Å². The lowest BCUT2D eigenvalue weighted by Crippen LogP contribution is -2.27. The van der Waals surface area contributed by atoms with E-state index in [0.717, 1.165) is 19.3 Å². The summed E-state index contributed by atoms with van der Waals surface area (Å²) < 4.78 is 10.6. The third-order valence-electron chi connectivity index (χ3n) is 2.14. The first-order valence-corrected chi connectivity index (χ1v) is 4.63. The van der Waals surface area contributed by atoms with Crippen LogP contribution in [0.4, 0.5) is 0 Å². The van der Waals surface area contributed by atoms with Crippen LogP contribution in [0.15, 0.2) is 12.7 Å². The molecule has 0 aromatic carbocycles. The summed E-state index contributed by atoms with van der Waals surface area (Å²) in [7, 11) is 0. The van der Waals surface area contributed by atoms with Gasteiger partial charge in [0.05, 0.1) is 12.7 Å². The van der Waals surface area contributed by atoms with E-state index in [0.29, 0.717) is 6.61 Å². The van der Waals surface area contributed by atoms with Crippen molar-refractivity contribution in [2.75, 3.05) is 6.61 Å². The van der Waals surface area contributed by atoms with Crippen molar-refractivity contribution < 1.29 is 14.3 Å². The number of ether oxygens (including phenoxy) is 2. The zero-order chi connectivity index (χ0) is 9.68. The Kier molecular flexibility index (Phi) is 3.96. The minimum absolute atomic E-state index is 0.0440. The van der Waals surface area contributed by atoms with E-state index in [1.807, 2.05) is 0 Å². The summed E-state index contributed by atoms with van der Waals surface area (Å²) in [6, 6.07) is 0. The van der Waals surface area contributed by atoms with Crippen molar-refractivity contribution in [1.82, 2.24) is 0 Å². The average Bonchev–Trinajstić information content (AvgIpc) is 2.48. The highest BCUT2D eigenvalue weighted by molar-refractivity contribution is 5.66. The quantitative estimate of drug-likeness (QED) is 0.492. The van der Waals surface area contributed by atoms with Crippen LogP contribution in [0.5, 0.6) is 0 Å². The summed E-state index contributed by atoms with van der Waals surface area (Å²) in [5.41, 5.74) is 0. The van der Waals surface area contributed by atoms with Gasteiger partial charge in [0.2, 0.25) is 0 Å². The minimum atomic E-state index is -0.223. The molecule has 1 rings (SSSR count). The van der Waals surface area contributed by atoms with E-state index in [4.69, 9.17) is 9.47 Å². The van der Waals surface area contributed by atoms with Crippen LogP contribution in [0.25, 0.3) is 0 Å². The second-order valence-electron chi connectivity index (χ2n) is 3.24. The highest BCUT2D eigenvalue weighted by Crippen LogP contribution is 2.24. The second kappa shape index (κ2) is 5.02. The maximum atomic E-state index is 10.7. The van der Waals surface area contributed by atoms with Crippen LogP contribution < -0.4 is 0 Å². The highest BCUT2D eigenvalue weighted by Gasteiger charge is 2.29. The van der Waals surface area contributed by atoms with E-state index in [9.17, 15) is 4.79 Å². The molecule has 13 heavy (non-hydrogen) atoms. The van der Waals surface area contributed by atoms with Crippen molar-refractivity contribution in [3.05, 3.63) is 12.7 Å². The summed E-state index contributed by atoms with van der Waals surface area (Å²) in [5, 5.41) is 0. The fourth-order valence-corrected chi connectivity index (χ4v) is 1.62. The van der Waals surface area contributed by atoms with Gasteiger partial charge in [-0.2, -0.15) is 0 Å². The van der Waals surface area contributed by atoms with Crippen LogP contribution in [-0.2, 0) is 14.3 Å². The zero-order valence-electron chi connectivity index (χ0n) is 7.99. The van der Waals surface area contributed by atoms with Gasteiger partial charge in [0.1, 0.15) is 6.10 Å². The molecule has 0 saturated heterocycles. The Bertz CT molecular complexity index is 189. The van der Waals surface area contributed by atoms with Crippen LogP contribution in [0, 0.1) is 0 Å². The van der Waals surface area contributed by atoms with E-state index in [1.54, 1.807) is 6.08 Å². The third-order valence-corrected chi connectivity index (χ3v) is 2.14. The zero-order valence-corrected chi connectivity index (χ0v) is 7.99. The van der Waals surface area contributed by atoms with Gasteiger partial charge in [0, 0.05) is 6.92 Å². The fraction of sp³-hybridized carbons (Fsp3) is 0.700. The highest BCUT2D eigenvalue weighted by atomic mass is 16.6. The van der Waals surface area contributed by atoms with Crippen molar-refractivity contribution in [3.8, 4) is 0 Å². The largest absolute Gasteiger partial charge is 0.460 e. The molecule has 3 heteroatoms. The van der Waals surface area contributed by atoms with E-state index in [-0.39, 0.29) is 18.2 Å². The Morgan fingerprint density at radius 3 is 2.85 bits per heavy atom. The Labute approximate surface area is 78.7 Å². The molecule has 3 nitrogen and oxygen atoms in total. The SMILES string of the molecule is C=CCO[C@H]1CCC[C@@H]1OC(C)=O. The van der Waals surface area contributed by atoms with Gasteiger partial charge in [-0.15, -0.1) is 6.58 Å². The van der Waals surface area contributed by atoms with Gasteiger partial charge >= 0.3 is 5.97 Å². The predicted molar refractivity (Wildman–Crippen MR) is 49.3 cm³/mol. The summed E-state index contributed by atoms with van der Waals surface area (Å²) >= 11 is 0. The number of hydrogen-bond donors (Lipinski definition) is 0. The summed E-state index contributed by atoms with van der Waals surface area (Å²) in [5.74, 6) is -0.223. The van der Waals surface area contributed by atoms with Gasteiger partial charge < -0.3 is 9.47 Å². The van der Waals surface area contributed by atoms with E-state index in [2.05, 4.69) is 6.58 Å².